The van der Waals surface area contributed by atoms with Crippen LogP contribution in [0.2, 0.25) is 0 Å². The third kappa shape index (κ3) is 8.76. The molecule has 0 radical (unpaired) electrons. The second kappa shape index (κ2) is 10.8. The number of benzene rings is 1. The zero-order chi connectivity index (χ0) is 15.3. The van der Waals surface area contributed by atoms with E-state index in [1.807, 2.05) is 0 Å². The van der Waals surface area contributed by atoms with Gasteiger partial charge in [0.15, 0.2) is 0 Å². The van der Waals surface area contributed by atoms with Gasteiger partial charge in [-0.25, -0.2) is 9.87 Å². The molecule has 21 heavy (non-hydrogen) atoms. The van der Waals surface area contributed by atoms with Crippen LogP contribution in [0.3, 0.4) is 0 Å². The SMILES string of the molecule is CCCCCCONC(=O)/C=C/C=C/c1ccc(F)cc1. The van der Waals surface area contributed by atoms with Crippen LogP contribution in [0.1, 0.15) is 38.2 Å². The minimum absolute atomic E-state index is 0.266. The minimum atomic E-state index is -0.297. The van der Waals surface area contributed by atoms with Crippen LogP contribution in [0.25, 0.3) is 6.08 Å². The van der Waals surface area contributed by atoms with E-state index in [4.69, 9.17) is 4.84 Å². The van der Waals surface area contributed by atoms with Crippen molar-refractivity contribution in [3.05, 3.63) is 53.9 Å². The normalized spacial score (nSPS) is 11.3. The first kappa shape index (κ1) is 17.1. The molecule has 114 valence electrons. The molecule has 0 aliphatic rings. The van der Waals surface area contributed by atoms with Gasteiger partial charge >= 0.3 is 0 Å². The number of rotatable bonds is 9. The molecule has 1 aromatic rings. The lowest BCUT2D eigenvalue weighted by atomic mass is 10.2. The van der Waals surface area contributed by atoms with Crippen LogP contribution in [0.15, 0.2) is 42.5 Å². The number of hydrogen-bond donors (Lipinski definition) is 1. The summed E-state index contributed by atoms with van der Waals surface area (Å²) in [4.78, 5) is 16.4. The topological polar surface area (TPSA) is 38.3 Å². The Morgan fingerprint density at radius 2 is 1.95 bits per heavy atom. The number of hydroxylamine groups is 1. The van der Waals surface area contributed by atoms with Crippen molar-refractivity contribution < 1.29 is 14.0 Å². The number of unbranched alkanes of at least 4 members (excludes halogenated alkanes) is 3. The zero-order valence-electron chi connectivity index (χ0n) is 12.3. The molecule has 1 rings (SSSR count). The van der Waals surface area contributed by atoms with Crippen LogP contribution in [0.5, 0.6) is 0 Å². The maximum Gasteiger partial charge on any atom is 0.267 e. The number of carbonyl (C=O) groups is 1. The molecular weight excluding hydrogens is 269 g/mol. The van der Waals surface area contributed by atoms with Crippen molar-refractivity contribution in [3.8, 4) is 0 Å². The first-order valence-electron chi connectivity index (χ1n) is 7.24. The predicted molar refractivity (Wildman–Crippen MR) is 82.8 cm³/mol. The van der Waals surface area contributed by atoms with Gasteiger partial charge in [0.05, 0.1) is 6.61 Å². The molecule has 1 amide bonds. The van der Waals surface area contributed by atoms with Crippen LogP contribution in [0.4, 0.5) is 4.39 Å². The van der Waals surface area contributed by atoms with Crippen molar-refractivity contribution >= 4 is 12.0 Å². The van der Waals surface area contributed by atoms with Gasteiger partial charge < -0.3 is 0 Å². The van der Waals surface area contributed by atoms with Gasteiger partial charge in [0, 0.05) is 6.08 Å². The maximum atomic E-state index is 12.7. The number of amides is 1. The summed E-state index contributed by atoms with van der Waals surface area (Å²) >= 11 is 0. The summed E-state index contributed by atoms with van der Waals surface area (Å²) in [5.41, 5.74) is 3.23. The van der Waals surface area contributed by atoms with E-state index in [-0.39, 0.29) is 11.7 Å². The maximum absolute atomic E-state index is 12.7. The molecule has 0 heterocycles. The fourth-order valence-electron chi connectivity index (χ4n) is 1.64. The lowest BCUT2D eigenvalue weighted by molar-refractivity contribution is -0.128. The van der Waals surface area contributed by atoms with Crippen LogP contribution < -0.4 is 5.48 Å². The largest absolute Gasteiger partial charge is 0.273 e. The van der Waals surface area contributed by atoms with Crippen LogP contribution in [-0.2, 0) is 9.63 Å². The highest BCUT2D eigenvalue weighted by Gasteiger charge is 1.94. The molecule has 0 saturated carbocycles. The van der Waals surface area contributed by atoms with Crippen molar-refractivity contribution in [3.63, 3.8) is 0 Å². The van der Waals surface area contributed by atoms with Crippen molar-refractivity contribution in [1.82, 2.24) is 5.48 Å². The predicted octanol–water partition coefficient (Wildman–Crippen LogP) is 4.02. The Hall–Kier alpha value is -1.94. The highest BCUT2D eigenvalue weighted by atomic mass is 19.1. The molecule has 4 heteroatoms. The van der Waals surface area contributed by atoms with Gasteiger partial charge in [-0.1, -0.05) is 56.5 Å². The van der Waals surface area contributed by atoms with Gasteiger partial charge in [-0.05, 0) is 24.1 Å². The van der Waals surface area contributed by atoms with E-state index >= 15 is 0 Å². The monoisotopic (exact) mass is 291 g/mol. The Kier molecular flexibility index (Phi) is 8.80. The molecule has 0 spiro atoms. The number of halogens is 1. The van der Waals surface area contributed by atoms with E-state index in [1.54, 1.807) is 30.4 Å². The average molecular weight is 291 g/mol. The number of carbonyl (C=O) groups excluding carboxylic acids is 1. The van der Waals surface area contributed by atoms with E-state index in [1.165, 1.54) is 31.1 Å². The first-order chi connectivity index (χ1) is 10.2. The molecule has 0 aromatic heterocycles. The van der Waals surface area contributed by atoms with Gasteiger partial charge in [0.1, 0.15) is 5.82 Å². The first-order valence-corrected chi connectivity index (χ1v) is 7.24. The molecule has 3 nitrogen and oxygen atoms in total. The second-order valence-electron chi connectivity index (χ2n) is 4.65. The second-order valence-corrected chi connectivity index (χ2v) is 4.65. The molecule has 0 unspecified atom stereocenters. The van der Waals surface area contributed by atoms with E-state index in [0.717, 1.165) is 18.4 Å². The Morgan fingerprint density at radius 3 is 2.67 bits per heavy atom. The van der Waals surface area contributed by atoms with Crippen molar-refractivity contribution in [2.24, 2.45) is 0 Å². The van der Waals surface area contributed by atoms with E-state index in [2.05, 4.69) is 12.4 Å². The molecule has 0 aliphatic heterocycles. The number of nitrogens with one attached hydrogen (secondary N) is 1. The van der Waals surface area contributed by atoms with Gasteiger partial charge in [-0.15, -0.1) is 0 Å². The van der Waals surface area contributed by atoms with Gasteiger partial charge in [-0.3, -0.25) is 9.63 Å². The lowest BCUT2D eigenvalue weighted by Crippen LogP contribution is -2.21. The van der Waals surface area contributed by atoms with Crippen molar-refractivity contribution in [2.75, 3.05) is 6.61 Å². The summed E-state index contributed by atoms with van der Waals surface area (Å²) in [6.45, 7) is 2.68. The highest BCUT2D eigenvalue weighted by Crippen LogP contribution is 2.04. The zero-order valence-corrected chi connectivity index (χ0v) is 12.3. The molecule has 0 bridgehead atoms. The average Bonchev–Trinajstić information content (AvgIpc) is 2.49. The smallest absolute Gasteiger partial charge is 0.267 e. The van der Waals surface area contributed by atoms with Gasteiger partial charge in [0.2, 0.25) is 0 Å². The molecule has 0 saturated heterocycles. The third-order valence-electron chi connectivity index (χ3n) is 2.79. The van der Waals surface area contributed by atoms with E-state index in [0.29, 0.717) is 6.61 Å². The van der Waals surface area contributed by atoms with Gasteiger partial charge in [0.25, 0.3) is 5.91 Å². The molecule has 1 aromatic carbocycles. The Labute approximate surface area is 125 Å². The van der Waals surface area contributed by atoms with E-state index < -0.39 is 0 Å². The Morgan fingerprint density at radius 1 is 1.19 bits per heavy atom. The van der Waals surface area contributed by atoms with Crippen molar-refractivity contribution in [1.29, 1.82) is 0 Å². The van der Waals surface area contributed by atoms with Crippen molar-refractivity contribution in [2.45, 2.75) is 32.6 Å². The van der Waals surface area contributed by atoms with Crippen LogP contribution in [-0.4, -0.2) is 12.5 Å². The summed E-state index contributed by atoms with van der Waals surface area (Å²) in [5.74, 6) is -0.563. The van der Waals surface area contributed by atoms with Gasteiger partial charge in [-0.2, -0.15) is 0 Å². The summed E-state index contributed by atoms with van der Waals surface area (Å²) < 4.78 is 12.7. The molecule has 0 atom stereocenters. The molecule has 0 aliphatic carbocycles. The molecule has 0 fully saturated rings. The molecule has 1 N–H and O–H groups in total. The summed E-state index contributed by atoms with van der Waals surface area (Å²) in [6, 6.07) is 6.11. The Bertz CT molecular complexity index is 466. The Balaban J connectivity index is 2.17. The van der Waals surface area contributed by atoms with Crippen LogP contribution in [0, 0.1) is 5.82 Å². The minimum Gasteiger partial charge on any atom is -0.273 e. The fourth-order valence-corrected chi connectivity index (χ4v) is 1.64. The standard InChI is InChI=1S/C17H22FNO2/c1-2-3-4-7-14-21-19-17(20)9-6-5-8-15-10-12-16(18)13-11-15/h5-6,8-13H,2-4,7,14H2,1H3,(H,19,20)/b8-5+,9-6+. The third-order valence-corrected chi connectivity index (χ3v) is 2.79. The number of hydrogen-bond acceptors (Lipinski definition) is 2. The number of allylic oxidation sites excluding steroid dienone is 2. The summed E-state index contributed by atoms with van der Waals surface area (Å²) in [6.07, 6.45) is 10.9. The van der Waals surface area contributed by atoms with E-state index in [9.17, 15) is 9.18 Å². The molecular formula is C17H22FNO2. The summed E-state index contributed by atoms with van der Waals surface area (Å²) in [5, 5.41) is 0. The fraction of sp³-hybridized carbons (Fsp3) is 0.353. The summed E-state index contributed by atoms with van der Waals surface area (Å²) in [7, 11) is 0. The highest BCUT2D eigenvalue weighted by molar-refractivity contribution is 5.87. The quantitative estimate of drug-likeness (QED) is 0.323. The van der Waals surface area contributed by atoms with Crippen LogP contribution >= 0.6 is 0 Å². The lowest BCUT2D eigenvalue weighted by Gasteiger charge is -2.02.